The molecular formula is C19H26N2O5. The maximum Gasteiger partial charge on any atom is 0.508 e. The number of hydrogen-bond donors (Lipinski definition) is 2. The Morgan fingerprint density at radius 2 is 2.27 bits per heavy atom. The van der Waals surface area contributed by atoms with Crippen molar-refractivity contribution in [3.8, 4) is 5.75 Å². The Morgan fingerprint density at radius 1 is 1.42 bits per heavy atom. The van der Waals surface area contributed by atoms with Gasteiger partial charge in [-0.2, -0.15) is 0 Å². The van der Waals surface area contributed by atoms with Crippen molar-refractivity contribution in [1.29, 1.82) is 0 Å². The molecule has 26 heavy (non-hydrogen) atoms. The van der Waals surface area contributed by atoms with E-state index < -0.39 is 18.4 Å². The largest absolute Gasteiger partial charge is 0.508 e. The highest BCUT2D eigenvalue weighted by molar-refractivity contribution is 5.84. The van der Waals surface area contributed by atoms with Gasteiger partial charge in [0.1, 0.15) is 11.9 Å². The lowest BCUT2D eigenvalue weighted by Crippen LogP contribution is -2.49. The molecule has 0 saturated carbocycles. The normalized spacial score (nSPS) is 20.9. The van der Waals surface area contributed by atoms with E-state index in [2.05, 4.69) is 9.88 Å². The van der Waals surface area contributed by atoms with Gasteiger partial charge >= 0.3 is 6.16 Å². The van der Waals surface area contributed by atoms with Crippen LogP contribution in [0.5, 0.6) is 5.75 Å². The van der Waals surface area contributed by atoms with E-state index >= 15 is 0 Å². The highest BCUT2D eigenvalue weighted by Gasteiger charge is 2.31. The minimum Gasteiger partial charge on any atom is -0.497 e. The number of likely N-dealkylation sites (tertiary alicyclic amines) is 1. The number of aromatic nitrogens is 1. The molecule has 0 unspecified atom stereocenters. The van der Waals surface area contributed by atoms with Crippen LogP contribution in [0.2, 0.25) is 0 Å². The molecule has 0 spiro atoms. The van der Waals surface area contributed by atoms with Gasteiger partial charge in [0.15, 0.2) is 0 Å². The van der Waals surface area contributed by atoms with Crippen LogP contribution in [-0.2, 0) is 15.9 Å². The van der Waals surface area contributed by atoms with E-state index in [0.717, 1.165) is 36.2 Å². The van der Waals surface area contributed by atoms with Crippen LogP contribution in [0.4, 0.5) is 4.79 Å². The molecule has 1 aliphatic heterocycles. The number of fused-ring (bicyclic) bond motifs is 1. The fourth-order valence-corrected chi connectivity index (χ4v) is 3.33. The average Bonchev–Trinajstić information content (AvgIpc) is 3.04. The summed E-state index contributed by atoms with van der Waals surface area (Å²) < 4.78 is 15.4. The summed E-state index contributed by atoms with van der Waals surface area (Å²) in [6, 6.07) is 5.98. The third kappa shape index (κ3) is 4.28. The summed E-state index contributed by atoms with van der Waals surface area (Å²) in [5.74, 6) is 0.836. The molecule has 2 aromatic rings. The number of nitrogens with zero attached hydrogens (tertiary/aromatic N) is 1. The Bertz CT molecular complexity index is 745. The monoisotopic (exact) mass is 362 g/mol. The van der Waals surface area contributed by atoms with Crippen LogP contribution >= 0.6 is 0 Å². The maximum absolute atomic E-state index is 11.5. The second-order valence-corrected chi connectivity index (χ2v) is 6.47. The van der Waals surface area contributed by atoms with Crippen molar-refractivity contribution in [2.75, 3.05) is 33.4 Å². The highest BCUT2D eigenvalue weighted by atomic mass is 16.7. The fourth-order valence-electron chi connectivity index (χ4n) is 3.33. The van der Waals surface area contributed by atoms with Gasteiger partial charge in [-0.25, -0.2) is 4.79 Å². The number of hydrogen-bond acceptors (Lipinski definition) is 6. The lowest BCUT2D eigenvalue weighted by Gasteiger charge is -2.35. The molecule has 1 aromatic carbocycles. The van der Waals surface area contributed by atoms with Gasteiger partial charge in [0, 0.05) is 36.7 Å². The number of H-pyrrole nitrogens is 1. The summed E-state index contributed by atoms with van der Waals surface area (Å²) in [5.41, 5.74) is 2.30. The molecule has 2 heterocycles. The number of rotatable bonds is 6. The number of carbonyl (C=O) groups excluding carboxylic acids is 1. The molecular weight excluding hydrogens is 336 g/mol. The van der Waals surface area contributed by atoms with Gasteiger partial charge in [-0.1, -0.05) is 0 Å². The summed E-state index contributed by atoms with van der Waals surface area (Å²) in [7, 11) is 1.66. The van der Waals surface area contributed by atoms with Crippen LogP contribution < -0.4 is 4.74 Å². The first-order chi connectivity index (χ1) is 12.6. The molecule has 0 bridgehead atoms. The van der Waals surface area contributed by atoms with Crippen molar-refractivity contribution >= 4 is 17.1 Å². The number of methoxy groups -OCH3 is 1. The zero-order chi connectivity index (χ0) is 18.5. The Kier molecular flexibility index (Phi) is 6.00. The lowest BCUT2D eigenvalue weighted by molar-refractivity contribution is -0.0670. The number of aliphatic hydroxyl groups excluding tert-OH is 1. The zero-order valence-electron chi connectivity index (χ0n) is 15.2. The zero-order valence-corrected chi connectivity index (χ0v) is 15.2. The number of piperidine rings is 1. The summed E-state index contributed by atoms with van der Waals surface area (Å²) >= 11 is 0. The molecule has 1 aliphatic rings. The average molecular weight is 362 g/mol. The number of benzene rings is 1. The van der Waals surface area contributed by atoms with Crippen molar-refractivity contribution in [3.63, 3.8) is 0 Å². The summed E-state index contributed by atoms with van der Waals surface area (Å²) in [5, 5.41) is 11.2. The maximum atomic E-state index is 11.5. The molecule has 2 atom stereocenters. The molecule has 3 rings (SSSR count). The number of nitrogens with one attached hydrogen (secondary N) is 1. The topological polar surface area (TPSA) is 84.0 Å². The van der Waals surface area contributed by atoms with Crippen molar-refractivity contribution in [2.24, 2.45) is 0 Å². The fraction of sp³-hybridized carbons (Fsp3) is 0.526. The number of aromatic amines is 1. The van der Waals surface area contributed by atoms with Crippen LogP contribution in [0.25, 0.3) is 10.9 Å². The van der Waals surface area contributed by atoms with Crippen molar-refractivity contribution < 1.29 is 24.1 Å². The predicted molar refractivity (Wildman–Crippen MR) is 97.5 cm³/mol. The van der Waals surface area contributed by atoms with Gasteiger partial charge < -0.3 is 24.3 Å². The molecule has 0 radical (unpaired) electrons. The van der Waals surface area contributed by atoms with E-state index in [-0.39, 0.29) is 6.61 Å². The second kappa shape index (κ2) is 8.42. The molecule has 7 nitrogen and oxygen atoms in total. The van der Waals surface area contributed by atoms with Crippen molar-refractivity contribution in [1.82, 2.24) is 9.88 Å². The van der Waals surface area contributed by atoms with Gasteiger partial charge in [0.25, 0.3) is 0 Å². The van der Waals surface area contributed by atoms with Crippen molar-refractivity contribution in [2.45, 2.75) is 32.0 Å². The molecule has 7 heteroatoms. The van der Waals surface area contributed by atoms with E-state index in [9.17, 15) is 9.90 Å². The second-order valence-electron chi connectivity index (χ2n) is 6.47. The van der Waals surface area contributed by atoms with Crippen LogP contribution in [-0.4, -0.2) is 66.7 Å². The van der Waals surface area contributed by atoms with Crippen LogP contribution in [0.15, 0.2) is 24.4 Å². The first-order valence-electron chi connectivity index (χ1n) is 8.98. The number of ether oxygens (including phenoxy) is 3. The third-order valence-corrected chi connectivity index (χ3v) is 4.79. The quantitative estimate of drug-likeness (QED) is 0.768. The molecule has 1 aromatic heterocycles. The van der Waals surface area contributed by atoms with E-state index in [1.54, 1.807) is 14.0 Å². The molecule has 1 saturated heterocycles. The first kappa shape index (κ1) is 18.5. The molecule has 0 aliphatic carbocycles. The smallest absolute Gasteiger partial charge is 0.497 e. The number of aliphatic hydroxyl groups is 1. The van der Waals surface area contributed by atoms with Gasteiger partial charge in [-0.15, -0.1) is 0 Å². The summed E-state index contributed by atoms with van der Waals surface area (Å²) in [4.78, 5) is 17.0. The predicted octanol–water partition coefficient (Wildman–Crippen LogP) is 2.33. The lowest BCUT2D eigenvalue weighted by atomic mass is 10.0. The molecule has 1 fully saturated rings. The first-order valence-corrected chi connectivity index (χ1v) is 8.98. The van der Waals surface area contributed by atoms with Crippen LogP contribution in [0.1, 0.15) is 18.9 Å². The minimum atomic E-state index is -0.720. The van der Waals surface area contributed by atoms with Gasteiger partial charge in [-0.3, -0.25) is 4.90 Å². The number of carbonyl (C=O) groups is 1. The molecule has 142 valence electrons. The van der Waals surface area contributed by atoms with E-state index in [0.29, 0.717) is 13.0 Å². The minimum absolute atomic E-state index is 0.259. The highest BCUT2D eigenvalue weighted by Crippen LogP contribution is 2.24. The standard InChI is InChI=1S/C19H26N2O5/c1-3-25-19(23)26-18-12-21(9-7-17(18)22)8-6-13-11-20-16-5-4-14(24-2)10-15(13)16/h4-5,10-11,17-18,20,22H,3,6-9,12H2,1-2H3/t17-,18+/m1/s1. The third-order valence-electron chi connectivity index (χ3n) is 4.79. The molecule has 2 N–H and O–H groups in total. The Balaban J connectivity index is 1.60. The van der Waals surface area contributed by atoms with Crippen LogP contribution in [0.3, 0.4) is 0 Å². The van der Waals surface area contributed by atoms with E-state index in [1.807, 2.05) is 24.4 Å². The van der Waals surface area contributed by atoms with E-state index in [4.69, 9.17) is 14.2 Å². The Labute approximate surface area is 152 Å². The van der Waals surface area contributed by atoms with Crippen molar-refractivity contribution in [3.05, 3.63) is 30.0 Å². The SMILES string of the molecule is CCOC(=O)O[C@H]1CN(CCc2c[nH]c3ccc(OC)cc23)CC[C@H]1O. The van der Waals surface area contributed by atoms with E-state index in [1.165, 1.54) is 5.56 Å². The Morgan fingerprint density at radius 3 is 3.04 bits per heavy atom. The molecule has 0 amide bonds. The summed E-state index contributed by atoms with van der Waals surface area (Å²) in [6.07, 6.45) is 1.54. The van der Waals surface area contributed by atoms with Crippen LogP contribution in [0, 0.1) is 0 Å². The van der Waals surface area contributed by atoms with Gasteiger partial charge in [-0.05, 0) is 43.5 Å². The van der Waals surface area contributed by atoms with Gasteiger partial charge in [0.2, 0.25) is 0 Å². The van der Waals surface area contributed by atoms with Gasteiger partial charge in [0.05, 0.1) is 19.8 Å². The summed E-state index contributed by atoms with van der Waals surface area (Å²) in [6.45, 7) is 4.08. The Hall–Kier alpha value is -2.25.